The molecule has 3 amide bonds. The average molecular weight is 471 g/mol. The predicted molar refractivity (Wildman–Crippen MR) is 123 cm³/mol. The number of carbonyl (C=O) groups is 3. The van der Waals surface area contributed by atoms with Gasteiger partial charge in [0.05, 0.1) is 9.78 Å². The largest absolute Gasteiger partial charge is 0.350 e. The Kier molecular flexibility index (Phi) is 6.07. The van der Waals surface area contributed by atoms with Crippen molar-refractivity contribution >= 4 is 56.4 Å². The first-order chi connectivity index (χ1) is 15.3. The van der Waals surface area contributed by atoms with Gasteiger partial charge >= 0.3 is 0 Å². The van der Waals surface area contributed by atoms with E-state index < -0.39 is 17.0 Å². The molecule has 3 heterocycles. The highest BCUT2D eigenvalue weighted by Gasteiger charge is 2.35. The van der Waals surface area contributed by atoms with E-state index >= 15 is 0 Å². The molecule has 164 valence electrons. The zero-order valence-electron chi connectivity index (χ0n) is 17.6. The van der Waals surface area contributed by atoms with Gasteiger partial charge in [-0.3, -0.25) is 19.3 Å². The van der Waals surface area contributed by atoms with Crippen molar-refractivity contribution in [2.24, 2.45) is 0 Å². The van der Waals surface area contributed by atoms with Crippen molar-refractivity contribution in [3.8, 4) is 0 Å². The molecule has 3 aromatic rings. The van der Waals surface area contributed by atoms with E-state index in [0.717, 1.165) is 38.1 Å². The van der Waals surface area contributed by atoms with Crippen LogP contribution in [0.1, 0.15) is 32.3 Å². The van der Waals surface area contributed by atoms with Gasteiger partial charge in [-0.15, -0.1) is 11.3 Å². The van der Waals surface area contributed by atoms with Gasteiger partial charge in [0.2, 0.25) is 0 Å². The van der Waals surface area contributed by atoms with Crippen LogP contribution in [-0.2, 0) is 4.79 Å². The van der Waals surface area contributed by atoms with Gasteiger partial charge in [-0.05, 0) is 50.2 Å². The Morgan fingerprint density at radius 1 is 1.19 bits per heavy atom. The quantitative estimate of drug-likeness (QED) is 0.562. The van der Waals surface area contributed by atoms with Crippen molar-refractivity contribution in [3.05, 3.63) is 62.5 Å². The second-order valence-corrected chi connectivity index (χ2v) is 9.20. The molecular weight excluding hydrogens is 451 g/mol. The van der Waals surface area contributed by atoms with Crippen molar-refractivity contribution in [2.45, 2.75) is 20.8 Å². The lowest BCUT2D eigenvalue weighted by atomic mass is 10.1. The van der Waals surface area contributed by atoms with E-state index in [0.29, 0.717) is 10.7 Å². The standard InChI is InChI=1S/C22H19FN4O3S2/c1-11-17-12(2)25-13(3)26-20(17)32-18(11)19(28)24-8-9-27-21(29)16(31-22(27)30)10-14-6-4-5-7-15(14)23/h4-7,10H,8-9H2,1-3H3,(H,24,28)/b16-10-. The zero-order valence-corrected chi connectivity index (χ0v) is 19.2. The second kappa shape index (κ2) is 8.79. The lowest BCUT2D eigenvalue weighted by Crippen LogP contribution is -2.37. The molecule has 0 radical (unpaired) electrons. The summed E-state index contributed by atoms with van der Waals surface area (Å²) in [6.07, 6.45) is 1.37. The monoisotopic (exact) mass is 470 g/mol. The first kappa shape index (κ1) is 22.1. The third-order valence-corrected chi connectivity index (χ3v) is 7.07. The summed E-state index contributed by atoms with van der Waals surface area (Å²) in [5.41, 5.74) is 1.86. The number of amides is 3. The Morgan fingerprint density at radius 3 is 2.69 bits per heavy atom. The van der Waals surface area contributed by atoms with Crippen LogP contribution in [-0.4, -0.2) is 45.0 Å². The third kappa shape index (κ3) is 4.15. The molecule has 0 saturated carbocycles. The van der Waals surface area contributed by atoms with Gasteiger partial charge < -0.3 is 5.32 Å². The minimum atomic E-state index is -0.503. The number of nitrogens with one attached hydrogen (secondary N) is 1. The molecule has 2 aromatic heterocycles. The molecule has 1 aromatic carbocycles. The normalized spacial score (nSPS) is 15.2. The molecule has 1 aliphatic heterocycles. The predicted octanol–water partition coefficient (Wildman–Crippen LogP) is 4.22. The molecule has 4 rings (SSSR count). The van der Waals surface area contributed by atoms with Crippen molar-refractivity contribution in [1.82, 2.24) is 20.2 Å². The molecule has 1 fully saturated rings. The molecule has 0 aliphatic carbocycles. The summed E-state index contributed by atoms with van der Waals surface area (Å²) in [6.45, 7) is 5.66. The average Bonchev–Trinajstić information content (AvgIpc) is 3.20. The number of fused-ring (bicyclic) bond motifs is 1. The Labute approximate surface area is 191 Å². The highest BCUT2D eigenvalue weighted by atomic mass is 32.2. The van der Waals surface area contributed by atoms with Crippen LogP contribution in [0, 0.1) is 26.6 Å². The third-order valence-electron chi connectivity index (χ3n) is 4.98. The van der Waals surface area contributed by atoms with Crippen LogP contribution in [0.3, 0.4) is 0 Å². The van der Waals surface area contributed by atoms with E-state index in [1.54, 1.807) is 19.1 Å². The molecule has 0 bridgehead atoms. The number of aromatic nitrogens is 2. The fourth-order valence-corrected chi connectivity index (χ4v) is 5.53. The number of aryl methyl sites for hydroxylation is 3. The summed E-state index contributed by atoms with van der Waals surface area (Å²) < 4.78 is 13.9. The molecule has 1 saturated heterocycles. The summed E-state index contributed by atoms with van der Waals surface area (Å²) in [6, 6.07) is 6.02. The van der Waals surface area contributed by atoms with E-state index in [2.05, 4.69) is 15.3 Å². The molecule has 1 N–H and O–H groups in total. The number of nitrogens with zero attached hydrogens (tertiary/aromatic N) is 3. The fourth-order valence-electron chi connectivity index (χ4n) is 3.48. The number of thioether (sulfide) groups is 1. The maximum Gasteiger partial charge on any atom is 0.293 e. The summed E-state index contributed by atoms with van der Waals surface area (Å²) in [5, 5.41) is 3.18. The highest BCUT2D eigenvalue weighted by molar-refractivity contribution is 8.18. The van der Waals surface area contributed by atoms with Crippen LogP contribution < -0.4 is 5.32 Å². The molecular formula is C22H19FN4O3S2. The Balaban J connectivity index is 1.43. The number of imide groups is 1. The molecule has 7 nitrogen and oxygen atoms in total. The number of benzene rings is 1. The zero-order chi connectivity index (χ0) is 23.0. The number of carbonyl (C=O) groups excluding carboxylic acids is 3. The van der Waals surface area contributed by atoms with Crippen molar-refractivity contribution in [2.75, 3.05) is 13.1 Å². The van der Waals surface area contributed by atoms with Gasteiger partial charge in [0.1, 0.15) is 16.5 Å². The van der Waals surface area contributed by atoms with Crippen molar-refractivity contribution < 1.29 is 18.8 Å². The summed E-state index contributed by atoms with van der Waals surface area (Å²) in [4.78, 5) is 48.8. The van der Waals surface area contributed by atoms with E-state index in [4.69, 9.17) is 0 Å². The van der Waals surface area contributed by atoms with Gasteiger partial charge in [-0.1, -0.05) is 18.2 Å². The summed E-state index contributed by atoms with van der Waals surface area (Å²) >= 11 is 2.04. The minimum absolute atomic E-state index is 0.0207. The van der Waals surface area contributed by atoms with Crippen LogP contribution >= 0.6 is 23.1 Å². The highest BCUT2D eigenvalue weighted by Crippen LogP contribution is 2.33. The van der Waals surface area contributed by atoms with Crippen LogP contribution in [0.15, 0.2) is 29.2 Å². The number of rotatable bonds is 5. The first-order valence-corrected chi connectivity index (χ1v) is 11.4. The molecule has 0 atom stereocenters. The van der Waals surface area contributed by atoms with Crippen LogP contribution in [0.4, 0.5) is 9.18 Å². The number of hydrogen-bond acceptors (Lipinski definition) is 7. The summed E-state index contributed by atoms with van der Waals surface area (Å²) in [5.74, 6) is -0.625. The van der Waals surface area contributed by atoms with Crippen molar-refractivity contribution in [3.63, 3.8) is 0 Å². The van der Waals surface area contributed by atoms with E-state index in [1.807, 2.05) is 13.8 Å². The molecule has 0 spiro atoms. The maximum atomic E-state index is 13.9. The minimum Gasteiger partial charge on any atom is -0.350 e. The SMILES string of the molecule is Cc1nc(C)c2c(C)c(C(=O)NCCN3C(=O)S/C(=C\c4ccccc4F)C3=O)sc2n1. The fraction of sp³-hybridized carbons (Fsp3) is 0.227. The van der Waals surface area contributed by atoms with Gasteiger partial charge in [-0.25, -0.2) is 14.4 Å². The first-order valence-electron chi connectivity index (χ1n) is 9.78. The number of hydrogen-bond donors (Lipinski definition) is 1. The number of thiophene rings is 1. The maximum absolute atomic E-state index is 13.9. The van der Waals surface area contributed by atoms with Gasteiger partial charge in [0.25, 0.3) is 17.1 Å². The van der Waals surface area contributed by atoms with E-state index in [9.17, 15) is 18.8 Å². The van der Waals surface area contributed by atoms with Gasteiger partial charge in [0, 0.05) is 29.7 Å². The molecule has 1 aliphatic rings. The Bertz CT molecular complexity index is 1300. The second-order valence-electron chi connectivity index (χ2n) is 7.20. The van der Waals surface area contributed by atoms with E-state index in [-0.39, 0.29) is 29.5 Å². The van der Waals surface area contributed by atoms with Crippen molar-refractivity contribution in [1.29, 1.82) is 0 Å². The molecule has 10 heteroatoms. The van der Waals surface area contributed by atoms with E-state index in [1.165, 1.54) is 29.5 Å². The molecule has 0 unspecified atom stereocenters. The smallest absolute Gasteiger partial charge is 0.293 e. The van der Waals surface area contributed by atoms with Gasteiger partial charge in [0.15, 0.2) is 0 Å². The lowest BCUT2D eigenvalue weighted by Gasteiger charge is -2.12. The Hall–Kier alpha value is -3.11. The molecule has 32 heavy (non-hydrogen) atoms. The summed E-state index contributed by atoms with van der Waals surface area (Å²) in [7, 11) is 0. The number of halogens is 1. The van der Waals surface area contributed by atoms with Crippen LogP contribution in [0.5, 0.6) is 0 Å². The topological polar surface area (TPSA) is 92.3 Å². The van der Waals surface area contributed by atoms with Crippen LogP contribution in [0.2, 0.25) is 0 Å². The van der Waals surface area contributed by atoms with Crippen LogP contribution in [0.25, 0.3) is 16.3 Å². The Morgan fingerprint density at radius 2 is 1.94 bits per heavy atom. The lowest BCUT2D eigenvalue weighted by molar-refractivity contribution is -0.122. The van der Waals surface area contributed by atoms with Gasteiger partial charge in [-0.2, -0.15) is 0 Å².